The Morgan fingerprint density at radius 1 is 1.38 bits per heavy atom. The average molecular weight is 212 g/mol. The van der Waals surface area contributed by atoms with Crippen LogP contribution in [0.1, 0.15) is 30.1 Å². The molecular weight excluding hydrogens is 200 g/mol. The van der Waals surface area contributed by atoms with E-state index in [9.17, 15) is 0 Å². The highest BCUT2D eigenvalue weighted by molar-refractivity contribution is 5.62. The summed E-state index contributed by atoms with van der Waals surface area (Å²) >= 11 is 0. The molecule has 4 nitrogen and oxygen atoms in total. The molecule has 80 valence electrons. The molecule has 16 heavy (non-hydrogen) atoms. The first-order chi connectivity index (χ1) is 7.93. The van der Waals surface area contributed by atoms with Crippen LogP contribution in [0.4, 0.5) is 5.69 Å². The fraction of sp³-hybridized carbons (Fsp3) is 0.333. The van der Waals surface area contributed by atoms with Gasteiger partial charge in [-0.1, -0.05) is 0 Å². The number of anilines is 1. The van der Waals surface area contributed by atoms with Crippen LogP contribution in [0.2, 0.25) is 0 Å². The Hall–Kier alpha value is -1.84. The Morgan fingerprint density at radius 2 is 2.31 bits per heavy atom. The second kappa shape index (κ2) is 2.84. The van der Waals surface area contributed by atoms with E-state index >= 15 is 0 Å². The highest BCUT2D eigenvalue weighted by Gasteiger charge is 2.31. The number of nitrogens with zero attached hydrogens (tertiary/aromatic N) is 3. The van der Waals surface area contributed by atoms with Gasteiger partial charge >= 0.3 is 0 Å². The van der Waals surface area contributed by atoms with Gasteiger partial charge in [0.25, 0.3) is 0 Å². The third-order valence-electron chi connectivity index (χ3n) is 3.37. The molecule has 2 aromatic heterocycles. The second-order valence-electron chi connectivity index (χ2n) is 4.47. The van der Waals surface area contributed by atoms with Gasteiger partial charge < -0.3 is 5.32 Å². The molecule has 1 aliphatic carbocycles. The highest BCUT2D eigenvalue weighted by atomic mass is 15.1. The number of imidazole rings is 1. The van der Waals surface area contributed by atoms with Crippen LogP contribution in [0.25, 0.3) is 5.69 Å². The zero-order valence-electron chi connectivity index (χ0n) is 8.85. The largest absolute Gasteiger partial charge is 0.376 e. The molecule has 4 heteroatoms. The normalized spacial score (nSPS) is 17.5. The minimum Gasteiger partial charge on any atom is -0.376 e. The molecule has 3 heterocycles. The fourth-order valence-corrected chi connectivity index (χ4v) is 2.38. The van der Waals surface area contributed by atoms with E-state index in [0.717, 1.165) is 17.9 Å². The van der Waals surface area contributed by atoms with Crippen molar-refractivity contribution in [1.82, 2.24) is 14.5 Å². The van der Waals surface area contributed by atoms with Crippen LogP contribution in [0.15, 0.2) is 24.8 Å². The molecule has 0 unspecified atom stereocenters. The van der Waals surface area contributed by atoms with Crippen LogP contribution >= 0.6 is 0 Å². The van der Waals surface area contributed by atoms with Crippen LogP contribution in [0, 0.1) is 0 Å². The third-order valence-corrected chi connectivity index (χ3v) is 3.37. The quantitative estimate of drug-likeness (QED) is 0.786. The summed E-state index contributed by atoms with van der Waals surface area (Å²) in [5, 5.41) is 3.40. The van der Waals surface area contributed by atoms with E-state index < -0.39 is 0 Å². The molecule has 1 N–H and O–H groups in total. The minimum atomic E-state index is 0.710. The Balaban J connectivity index is 1.92. The van der Waals surface area contributed by atoms with Crippen LogP contribution in [-0.4, -0.2) is 14.5 Å². The zero-order chi connectivity index (χ0) is 10.5. The lowest BCUT2D eigenvalue weighted by atomic mass is 10.2. The van der Waals surface area contributed by atoms with Gasteiger partial charge in [-0.2, -0.15) is 0 Å². The molecule has 0 saturated heterocycles. The Kier molecular flexibility index (Phi) is 1.48. The molecule has 0 radical (unpaired) electrons. The van der Waals surface area contributed by atoms with Gasteiger partial charge in [-0.25, -0.2) is 4.98 Å². The molecule has 2 aliphatic rings. The van der Waals surface area contributed by atoms with Crippen molar-refractivity contribution in [3.05, 3.63) is 36.2 Å². The van der Waals surface area contributed by atoms with Gasteiger partial charge in [-0.05, 0) is 18.9 Å². The van der Waals surface area contributed by atoms with E-state index in [1.165, 1.54) is 24.2 Å². The van der Waals surface area contributed by atoms with Crippen molar-refractivity contribution >= 4 is 5.69 Å². The molecule has 0 atom stereocenters. The molecule has 2 aromatic rings. The summed E-state index contributed by atoms with van der Waals surface area (Å²) < 4.78 is 2.20. The molecular formula is C12H12N4. The SMILES string of the molecule is c1cc2c(cn1)NCc1c(C3CC3)ncn1-2. The van der Waals surface area contributed by atoms with Gasteiger partial charge in [-0.15, -0.1) is 0 Å². The molecule has 0 aromatic carbocycles. The first-order valence-corrected chi connectivity index (χ1v) is 5.68. The molecule has 0 spiro atoms. The highest BCUT2D eigenvalue weighted by Crippen LogP contribution is 2.42. The lowest BCUT2D eigenvalue weighted by Gasteiger charge is -2.20. The number of hydrogen-bond donors (Lipinski definition) is 1. The number of pyridine rings is 1. The van der Waals surface area contributed by atoms with Crippen LogP contribution in [-0.2, 0) is 6.54 Å². The van der Waals surface area contributed by atoms with Gasteiger partial charge in [0.15, 0.2) is 0 Å². The summed E-state index contributed by atoms with van der Waals surface area (Å²) in [6.45, 7) is 0.866. The lowest BCUT2D eigenvalue weighted by molar-refractivity contribution is 0.878. The number of nitrogens with one attached hydrogen (secondary N) is 1. The number of fused-ring (bicyclic) bond motifs is 3. The molecule has 1 aliphatic heterocycles. The molecule has 1 saturated carbocycles. The Bertz CT molecular complexity index is 554. The third kappa shape index (κ3) is 1.04. The minimum absolute atomic E-state index is 0.710. The van der Waals surface area contributed by atoms with E-state index in [1.54, 1.807) is 0 Å². The molecule has 0 amide bonds. The summed E-state index contributed by atoms with van der Waals surface area (Å²) in [6.07, 6.45) is 8.24. The number of aromatic nitrogens is 3. The standard InChI is InChI=1S/C12H12N4/c1-2-8(1)12-11-6-14-9-5-13-4-3-10(9)16(11)7-15-12/h3-5,7-8,14H,1-2,6H2. The lowest BCUT2D eigenvalue weighted by Crippen LogP contribution is -2.15. The van der Waals surface area contributed by atoms with Gasteiger partial charge in [0.2, 0.25) is 0 Å². The van der Waals surface area contributed by atoms with Crippen LogP contribution < -0.4 is 5.32 Å². The summed E-state index contributed by atoms with van der Waals surface area (Å²) in [4.78, 5) is 8.69. The van der Waals surface area contributed by atoms with Crippen molar-refractivity contribution in [2.24, 2.45) is 0 Å². The van der Waals surface area contributed by atoms with Crippen molar-refractivity contribution in [3.63, 3.8) is 0 Å². The van der Waals surface area contributed by atoms with Crippen molar-refractivity contribution < 1.29 is 0 Å². The van der Waals surface area contributed by atoms with E-state index in [0.29, 0.717) is 5.92 Å². The second-order valence-corrected chi connectivity index (χ2v) is 4.47. The first kappa shape index (κ1) is 8.33. The van der Waals surface area contributed by atoms with Crippen molar-refractivity contribution in [2.45, 2.75) is 25.3 Å². The van der Waals surface area contributed by atoms with Gasteiger partial charge in [0.05, 0.1) is 41.8 Å². The monoisotopic (exact) mass is 212 g/mol. The first-order valence-electron chi connectivity index (χ1n) is 5.68. The molecule has 4 rings (SSSR count). The van der Waals surface area contributed by atoms with Crippen molar-refractivity contribution in [1.29, 1.82) is 0 Å². The maximum atomic E-state index is 4.56. The molecule has 0 bridgehead atoms. The van der Waals surface area contributed by atoms with Gasteiger partial charge in [0.1, 0.15) is 0 Å². The predicted molar refractivity (Wildman–Crippen MR) is 60.7 cm³/mol. The maximum Gasteiger partial charge on any atom is 0.0999 e. The molecule has 1 fully saturated rings. The van der Waals surface area contributed by atoms with Crippen molar-refractivity contribution in [3.8, 4) is 5.69 Å². The van der Waals surface area contributed by atoms with E-state index in [2.05, 4.69) is 19.9 Å². The Labute approximate surface area is 93.3 Å². The van der Waals surface area contributed by atoms with E-state index in [1.807, 2.05) is 24.8 Å². The Morgan fingerprint density at radius 3 is 3.19 bits per heavy atom. The smallest absolute Gasteiger partial charge is 0.0999 e. The van der Waals surface area contributed by atoms with Crippen LogP contribution in [0.5, 0.6) is 0 Å². The van der Waals surface area contributed by atoms with Crippen molar-refractivity contribution in [2.75, 3.05) is 5.32 Å². The van der Waals surface area contributed by atoms with Crippen LogP contribution in [0.3, 0.4) is 0 Å². The topological polar surface area (TPSA) is 42.7 Å². The summed E-state index contributed by atoms with van der Waals surface area (Å²) in [5.74, 6) is 0.710. The fourth-order valence-electron chi connectivity index (χ4n) is 2.38. The summed E-state index contributed by atoms with van der Waals surface area (Å²) in [6, 6.07) is 2.03. The number of rotatable bonds is 1. The number of hydrogen-bond acceptors (Lipinski definition) is 3. The van der Waals surface area contributed by atoms with E-state index in [4.69, 9.17) is 0 Å². The van der Waals surface area contributed by atoms with Gasteiger partial charge in [-0.3, -0.25) is 9.55 Å². The predicted octanol–water partition coefficient (Wildman–Crippen LogP) is 2.07. The summed E-state index contributed by atoms with van der Waals surface area (Å²) in [7, 11) is 0. The maximum absolute atomic E-state index is 4.56. The average Bonchev–Trinajstić information content (AvgIpc) is 3.08. The van der Waals surface area contributed by atoms with Gasteiger partial charge in [0, 0.05) is 12.1 Å². The zero-order valence-corrected chi connectivity index (χ0v) is 8.85. The van der Waals surface area contributed by atoms with E-state index in [-0.39, 0.29) is 0 Å². The summed E-state index contributed by atoms with van der Waals surface area (Å²) in [5.41, 5.74) is 4.86.